The molecule has 0 aromatic carbocycles. The van der Waals surface area contributed by atoms with Crippen molar-refractivity contribution in [3.05, 3.63) is 0 Å². The largest absolute Gasteiger partial charge is 0.465 e. The van der Waals surface area contributed by atoms with Crippen LogP contribution in [0.15, 0.2) is 0 Å². The van der Waals surface area contributed by atoms with Crippen LogP contribution >= 0.6 is 0 Å². The summed E-state index contributed by atoms with van der Waals surface area (Å²) in [5, 5.41) is 0. The number of unbranched alkanes of at least 4 members (excludes halogenated alkanes) is 1. The first-order chi connectivity index (χ1) is 6.13. The molecule has 1 rings (SSSR count). The molecule has 0 heterocycles. The van der Waals surface area contributed by atoms with Gasteiger partial charge in [-0.15, -0.1) is 0 Å². The van der Waals surface area contributed by atoms with E-state index in [1.54, 1.807) is 0 Å². The number of carbonyl (C=O) groups excluding carboxylic acids is 2. The SMILES string of the molecule is CCCCOC(=O)C1(C(C)=O)CC1. The van der Waals surface area contributed by atoms with Crippen molar-refractivity contribution in [2.75, 3.05) is 6.61 Å². The molecule has 0 N–H and O–H groups in total. The van der Waals surface area contributed by atoms with Crippen molar-refractivity contribution in [1.82, 2.24) is 0 Å². The molecule has 1 aliphatic rings. The molecule has 1 saturated carbocycles. The highest BCUT2D eigenvalue weighted by molar-refractivity contribution is 6.05. The predicted octanol–water partition coefficient (Wildman–Crippen LogP) is 1.70. The summed E-state index contributed by atoms with van der Waals surface area (Å²) in [5.41, 5.74) is -0.742. The second kappa shape index (κ2) is 3.90. The van der Waals surface area contributed by atoms with E-state index in [0.29, 0.717) is 19.4 Å². The molecule has 0 saturated heterocycles. The molecule has 0 amide bonds. The minimum absolute atomic E-state index is 0.0472. The van der Waals surface area contributed by atoms with Gasteiger partial charge in [0.2, 0.25) is 0 Å². The minimum atomic E-state index is -0.742. The van der Waals surface area contributed by atoms with Crippen LogP contribution in [-0.2, 0) is 14.3 Å². The average Bonchev–Trinajstić information content (AvgIpc) is 2.84. The zero-order chi connectivity index (χ0) is 9.90. The first-order valence-electron chi connectivity index (χ1n) is 4.82. The van der Waals surface area contributed by atoms with Gasteiger partial charge in [0.1, 0.15) is 11.2 Å². The van der Waals surface area contributed by atoms with Crippen LogP contribution in [0.3, 0.4) is 0 Å². The van der Waals surface area contributed by atoms with Crippen LogP contribution in [0.25, 0.3) is 0 Å². The number of esters is 1. The molecular formula is C10H16O3. The molecule has 0 aliphatic heterocycles. The lowest BCUT2D eigenvalue weighted by Crippen LogP contribution is -2.26. The molecule has 74 valence electrons. The van der Waals surface area contributed by atoms with Crippen LogP contribution in [0.5, 0.6) is 0 Å². The molecule has 0 spiro atoms. The van der Waals surface area contributed by atoms with Crippen LogP contribution in [0.2, 0.25) is 0 Å². The highest BCUT2D eigenvalue weighted by Gasteiger charge is 2.55. The van der Waals surface area contributed by atoms with Crippen molar-refractivity contribution in [1.29, 1.82) is 0 Å². The lowest BCUT2D eigenvalue weighted by molar-refractivity contribution is -0.153. The molecule has 0 aromatic rings. The number of ether oxygens (including phenoxy) is 1. The molecule has 1 aliphatic carbocycles. The zero-order valence-corrected chi connectivity index (χ0v) is 8.26. The Morgan fingerprint density at radius 3 is 2.38 bits per heavy atom. The van der Waals surface area contributed by atoms with E-state index in [4.69, 9.17) is 4.74 Å². The van der Waals surface area contributed by atoms with Gasteiger partial charge in [-0.05, 0) is 26.2 Å². The van der Waals surface area contributed by atoms with E-state index >= 15 is 0 Å². The van der Waals surface area contributed by atoms with Gasteiger partial charge < -0.3 is 4.74 Å². The molecule has 3 heteroatoms. The van der Waals surface area contributed by atoms with Gasteiger partial charge in [0, 0.05) is 0 Å². The number of hydrogen-bond acceptors (Lipinski definition) is 3. The summed E-state index contributed by atoms with van der Waals surface area (Å²) in [6.45, 7) is 3.95. The maximum absolute atomic E-state index is 11.4. The summed E-state index contributed by atoms with van der Waals surface area (Å²) in [7, 11) is 0. The summed E-state index contributed by atoms with van der Waals surface area (Å²) in [5.74, 6) is -0.359. The fourth-order valence-corrected chi connectivity index (χ4v) is 1.27. The Morgan fingerprint density at radius 1 is 1.38 bits per heavy atom. The maximum atomic E-state index is 11.4. The van der Waals surface area contributed by atoms with Crippen LogP contribution in [0, 0.1) is 5.41 Å². The van der Waals surface area contributed by atoms with Crippen LogP contribution in [0.1, 0.15) is 39.5 Å². The smallest absolute Gasteiger partial charge is 0.319 e. The van der Waals surface area contributed by atoms with Crippen molar-refractivity contribution in [2.45, 2.75) is 39.5 Å². The molecule has 13 heavy (non-hydrogen) atoms. The van der Waals surface area contributed by atoms with Gasteiger partial charge >= 0.3 is 5.97 Å². The highest BCUT2D eigenvalue weighted by Crippen LogP contribution is 2.47. The van der Waals surface area contributed by atoms with E-state index in [0.717, 1.165) is 12.8 Å². The van der Waals surface area contributed by atoms with Gasteiger partial charge in [-0.1, -0.05) is 13.3 Å². The molecular weight excluding hydrogens is 168 g/mol. The van der Waals surface area contributed by atoms with E-state index in [9.17, 15) is 9.59 Å². The van der Waals surface area contributed by atoms with Crippen molar-refractivity contribution in [3.63, 3.8) is 0 Å². The van der Waals surface area contributed by atoms with Crippen LogP contribution in [-0.4, -0.2) is 18.4 Å². The van der Waals surface area contributed by atoms with Gasteiger partial charge in [-0.2, -0.15) is 0 Å². The van der Waals surface area contributed by atoms with Crippen molar-refractivity contribution >= 4 is 11.8 Å². The Morgan fingerprint density at radius 2 is 2.00 bits per heavy atom. The van der Waals surface area contributed by atoms with Crippen LogP contribution in [0.4, 0.5) is 0 Å². The number of Topliss-reactive ketones (excluding diaryl/α,β-unsaturated/α-hetero) is 1. The van der Waals surface area contributed by atoms with Gasteiger partial charge in [0.15, 0.2) is 0 Å². The van der Waals surface area contributed by atoms with Crippen LogP contribution < -0.4 is 0 Å². The number of ketones is 1. The topological polar surface area (TPSA) is 43.4 Å². The second-order valence-corrected chi connectivity index (χ2v) is 3.63. The van der Waals surface area contributed by atoms with Gasteiger partial charge in [0.05, 0.1) is 6.61 Å². The Labute approximate surface area is 78.5 Å². The normalized spacial score (nSPS) is 18.0. The summed E-state index contributed by atoms with van der Waals surface area (Å²) >= 11 is 0. The summed E-state index contributed by atoms with van der Waals surface area (Å²) in [4.78, 5) is 22.5. The molecule has 0 aromatic heterocycles. The lowest BCUT2D eigenvalue weighted by atomic mass is 10.0. The minimum Gasteiger partial charge on any atom is -0.465 e. The van der Waals surface area contributed by atoms with E-state index in [1.807, 2.05) is 6.92 Å². The molecule has 1 fully saturated rings. The average molecular weight is 184 g/mol. The molecule has 3 nitrogen and oxygen atoms in total. The summed E-state index contributed by atoms with van der Waals surface area (Å²) in [6.07, 6.45) is 3.22. The Bertz CT molecular complexity index is 216. The van der Waals surface area contributed by atoms with E-state index < -0.39 is 5.41 Å². The first kappa shape index (κ1) is 10.2. The van der Waals surface area contributed by atoms with Gasteiger partial charge in [-0.3, -0.25) is 9.59 Å². The van der Waals surface area contributed by atoms with Gasteiger partial charge in [0.25, 0.3) is 0 Å². The summed E-state index contributed by atoms with van der Waals surface area (Å²) in [6, 6.07) is 0. The number of carbonyl (C=O) groups is 2. The quantitative estimate of drug-likeness (QED) is 0.371. The Hall–Kier alpha value is -0.860. The third kappa shape index (κ3) is 2.08. The standard InChI is InChI=1S/C10H16O3/c1-3-4-7-13-9(12)10(5-6-10)8(2)11/h3-7H2,1-2H3. The monoisotopic (exact) mass is 184 g/mol. The third-order valence-electron chi connectivity index (χ3n) is 2.55. The fraction of sp³-hybridized carbons (Fsp3) is 0.800. The Balaban J connectivity index is 2.35. The molecule has 0 radical (unpaired) electrons. The number of hydrogen-bond donors (Lipinski definition) is 0. The Kier molecular flexibility index (Phi) is 3.07. The summed E-state index contributed by atoms with van der Waals surface area (Å²) < 4.78 is 5.01. The highest BCUT2D eigenvalue weighted by atomic mass is 16.5. The van der Waals surface area contributed by atoms with E-state index in [2.05, 4.69) is 0 Å². The van der Waals surface area contributed by atoms with Crippen molar-refractivity contribution in [3.8, 4) is 0 Å². The van der Waals surface area contributed by atoms with E-state index in [-0.39, 0.29) is 11.8 Å². The molecule has 0 bridgehead atoms. The van der Waals surface area contributed by atoms with Gasteiger partial charge in [-0.25, -0.2) is 0 Å². The zero-order valence-electron chi connectivity index (χ0n) is 8.26. The van der Waals surface area contributed by atoms with Crippen molar-refractivity contribution < 1.29 is 14.3 Å². The predicted molar refractivity (Wildman–Crippen MR) is 48.2 cm³/mol. The molecule has 0 unspecified atom stereocenters. The molecule has 0 atom stereocenters. The number of rotatable bonds is 5. The third-order valence-corrected chi connectivity index (χ3v) is 2.55. The lowest BCUT2D eigenvalue weighted by Gasteiger charge is -2.10. The van der Waals surface area contributed by atoms with E-state index in [1.165, 1.54) is 6.92 Å². The second-order valence-electron chi connectivity index (χ2n) is 3.63. The maximum Gasteiger partial charge on any atom is 0.319 e. The first-order valence-corrected chi connectivity index (χ1v) is 4.82. The van der Waals surface area contributed by atoms with Crippen molar-refractivity contribution in [2.24, 2.45) is 5.41 Å². The fourth-order valence-electron chi connectivity index (χ4n) is 1.27.